The second kappa shape index (κ2) is 8.30. The first-order valence-corrected chi connectivity index (χ1v) is 10.3. The average Bonchev–Trinajstić information content (AvgIpc) is 3.15. The van der Waals surface area contributed by atoms with Crippen LogP contribution in [0.1, 0.15) is 72.9 Å². The molecule has 0 amide bonds. The van der Waals surface area contributed by atoms with E-state index in [4.69, 9.17) is 0 Å². The van der Waals surface area contributed by atoms with Crippen molar-refractivity contribution in [1.29, 1.82) is 0 Å². The molecule has 1 unspecified atom stereocenters. The lowest BCUT2D eigenvalue weighted by Crippen LogP contribution is -2.39. The van der Waals surface area contributed by atoms with Gasteiger partial charge in [-0.2, -0.15) is 0 Å². The van der Waals surface area contributed by atoms with Crippen molar-refractivity contribution in [2.45, 2.75) is 57.4 Å². The second-order valence-electron chi connectivity index (χ2n) is 8.08. The number of Topliss-reactive ketones (excluding diaryl/α,β-unsaturated/α-hetero) is 1. The summed E-state index contributed by atoms with van der Waals surface area (Å²) in [5.41, 5.74) is 1.14. The summed E-state index contributed by atoms with van der Waals surface area (Å²) in [4.78, 5) is 28.7. The zero-order valence-corrected chi connectivity index (χ0v) is 16.2. The van der Waals surface area contributed by atoms with Crippen LogP contribution in [0.15, 0.2) is 24.8 Å². The van der Waals surface area contributed by atoms with E-state index < -0.39 is 0 Å². The SMILES string of the molecule is Cn1ccnc1C(=O)C1CCCN(Cc2cnc(C3CCCCC3)nc2)C1. The zero-order valence-electron chi connectivity index (χ0n) is 16.2. The highest BCUT2D eigenvalue weighted by Gasteiger charge is 2.28. The highest BCUT2D eigenvalue weighted by molar-refractivity contribution is 5.94. The fourth-order valence-corrected chi connectivity index (χ4v) is 4.47. The highest BCUT2D eigenvalue weighted by atomic mass is 16.1. The molecular formula is C21H29N5O. The third-order valence-electron chi connectivity index (χ3n) is 6.02. The molecule has 2 fully saturated rings. The minimum Gasteiger partial charge on any atom is -0.332 e. The van der Waals surface area contributed by atoms with E-state index >= 15 is 0 Å². The molecule has 2 aromatic rings. The lowest BCUT2D eigenvalue weighted by Gasteiger charge is -2.31. The predicted molar refractivity (Wildman–Crippen MR) is 103 cm³/mol. The van der Waals surface area contributed by atoms with E-state index in [1.165, 1.54) is 32.1 Å². The summed E-state index contributed by atoms with van der Waals surface area (Å²) in [6.07, 6.45) is 15.9. The van der Waals surface area contributed by atoms with Gasteiger partial charge in [-0.15, -0.1) is 0 Å². The first kappa shape index (κ1) is 18.3. The molecule has 3 heterocycles. The standard InChI is InChI=1S/C21H29N5O/c1-25-11-9-22-21(25)19(27)18-8-5-10-26(15-18)14-16-12-23-20(24-13-16)17-6-3-2-4-7-17/h9,11-13,17-18H,2-8,10,14-15H2,1H3. The Morgan fingerprint density at radius 1 is 1.07 bits per heavy atom. The van der Waals surface area contributed by atoms with Crippen LogP contribution in [0.5, 0.6) is 0 Å². The van der Waals surface area contributed by atoms with Crippen LogP contribution in [-0.4, -0.2) is 43.3 Å². The number of likely N-dealkylation sites (tertiary alicyclic amines) is 1. The number of carbonyl (C=O) groups is 1. The normalized spacial score (nSPS) is 22.0. The molecule has 144 valence electrons. The average molecular weight is 367 g/mol. The van der Waals surface area contributed by atoms with Crippen LogP contribution in [0.2, 0.25) is 0 Å². The van der Waals surface area contributed by atoms with E-state index in [2.05, 4.69) is 19.9 Å². The van der Waals surface area contributed by atoms with E-state index in [1.54, 1.807) is 6.20 Å². The molecule has 1 saturated carbocycles. The number of ketones is 1. The van der Waals surface area contributed by atoms with Gasteiger partial charge in [-0.3, -0.25) is 9.69 Å². The molecule has 1 aliphatic carbocycles. The van der Waals surface area contributed by atoms with Crippen LogP contribution < -0.4 is 0 Å². The van der Waals surface area contributed by atoms with Crippen molar-refractivity contribution >= 4 is 5.78 Å². The summed E-state index contributed by atoms with van der Waals surface area (Å²) in [6.45, 7) is 2.63. The van der Waals surface area contributed by atoms with Crippen LogP contribution in [0.4, 0.5) is 0 Å². The van der Waals surface area contributed by atoms with E-state index in [9.17, 15) is 4.79 Å². The van der Waals surface area contributed by atoms with Gasteiger partial charge in [-0.25, -0.2) is 15.0 Å². The first-order valence-electron chi connectivity index (χ1n) is 10.3. The molecule has 1 aliphatic heterocycles. The van der Waals surface area contributed by atoms with E-state index in [-0.39, 0.29) is 11.7 Å². The van der Waals surface area contributed by atoms with E-state index in [1.807, 2.05) is 30.2 Å². The van der Waals surface area contributed by atoms with Gasteiger partial charge in [0.25, 0.3) is 0 Å². The number of aryl methyl sites for hydroxylation is 1. The fraction of sp³-hybridized carbons (Fsp3) is 0.619. The molecule has 6 nitrogen and oxygen atoms in total. The van der Waals surface area contributed by atoms with Crippen molar-refractivity contribution in [3.05, 3.63) is 42.0 Å². The van der Waals surface area contributed by atoms with E-state index in [0.29, 0.717) is 11.7 Å². The fourth-order valence-electron chi connectivity index (χ4n) is 4.47. The molecule has 4 rings (SSSR count). The number of aromatic nitrogens is 4. The summed E-state index contributed by atoms with van der Waals surface area (Å²) in [5, 5.41) is 0. The minimum absolute atomic E-state index is 0.0299. The molecule has 27 heavy (non-hydrogen) atoms. The van der Waals surface area contributed by atoms with Gasteiger partial charge >= 0.3 is 0 Å². The topological polar surface area (TPSA) is 63.9 Å². The molecule has 0 N–H and O–H groups in total. The number of rotatable bonds is 5. The van der Waals surface area contributed by atoms with Crippen molar-refractivity contribution in [2.24, 2.45) is 13.0 Å². The van der Waals surface area contributed by atoms with Gasteiger partial charge in [0.05, 0.1) is 0 Å². The smallest absolute Gasteiger partial charge is 0.202 e. The van der Waals surface area contributed by atoms with Crippen LogP contribution in [-0.2, 0) is 13.6 Å². The Hall–Kier alpha value is -2.08. The molecule has 0 radical (unpaired) electrons. The Morgan fingerprint density at radius 2 is 1.85 bits per heavy atom. The second-order valence-corrected chi connectivity index (χ2v) is 8.08. The molecule has 0 aromatic carbocycles. The number of nitrogens with zero attached hydrogens (tertiary/aromatic N) is 5. The molecule has 0 spiro atoms. The third-order valence-corrected chi connectivity index (χ3v) is 6.02. The van der Waals surface area contributed by atoms with Gasteiger partial charge in [0, 0.05) is 62.3 Å². The third kappa shape index (κ3) is 4.26. The number of carbonyl (C=O) groups excluding carboxylic acids is 1. The molecule has 1 atom stereocenters. The molecule has 6 heteroatoms. The Bertz CT molecular complexity index is 763. The Kier molecular flexibility index (Phi) is 5.62. The number of piperidine rings is 1. The predicted octanol–water partition coefficient (Wildman–Crippen LogP) is 3.35. The summed E-state index contributed by atoms with van der Waals surface area (Å²) in [5.74, 6) is 2.32. The maximum atomic E-state index is 12.8. The maximum absolute atomic E-state index is 12.8. The molecule has 1 saturated heterocycles. The van der Waals surface area contributed by atoms with Crippen LogP contribution in [0, 0.1) is 5.92 Å². The monoisotopic (exact) mass is 367 g/mol. The maximum Gasteiger partial charge on any atom is 0.202 e. The first-order chi connectivity index (χ1) is 13.2. The molecule has 0 bridgehead atoms. The van der Waals surface area contributed by atoms with E-state index in [0.717, 1.165) is 43.9 Å². The zero-order chi connectivity index (χ0) is 18.6. The Balaban J connectivity index is 1.36. The summed E-state index contributed by atoms with van der Waals surface area (Å²) in [7, 11) is 1.88. The van der Waals surface area contributed by atoms with Crippen LogP contribution in [0.25, 0.3) is 0 Å². The molecule has 2 aliphatic rings. The molecular weight excluding hydrogens is 338 g/mol. The van der Waals surface area contributed by atoms with Crippen molar-refractivity contribution in [3.8, 4) is 0 Å². The summed E-state index contributed by atoms with van der Waals surface area (Å²) >= 11 is 0. The largest absolute Gasteiger partial charge is 0.332 e. The lowest BCUT2D eigenvalue weighted by atomic mass is 9.89. The van der Waals surface area contributed by atoms with Crippen molar-refractivity contribution in [1.82, 2.24) is 24.4 Å². The minimum atomic E-state index is 0.0299. The van der Waals surface area contributed by atoms with Gasteiger partial charge in [0.1, 0.15) is 5.82 Å². The van der Waals surface area contributed by atoms with Gasteiger partial charge in [-0.05, 0) is 32.2 Å². The van der Waals surface area contributed by atoms with Crippen LogP contribution in [0.3, 0.4) is 0 Å². The molecule has 2 aromatic heterocycles. The van der Waals surface area contributed by atoms with Crippen LogP contribution >= 0.6 is 0 Å². The quantitative estimate of drug-likeness (QED) is 0.758. The van der Waals surface area contributed by atoms with Crippen molar-refractivity contribution in [2.75, 3.05) is 13.1 Å². The summed E-state index contributed by atoms with van der Waals surface area (Å²) < 4.78 is 1.82. The van der Waals surface area contributed by atoms with Gasteiger partial charge in [0.15, 0.2) is 5.82 Å². The Labute approximate surface area is 161 Å². The van der Waals surface area contributed by atoms with Crippen molar-refractivity contribution in [3.63, 3.8) is 0 Å². The number of imidazole rings is 1. The van der Waals surface area contributed by atoms with Gasteiger partial charge < -0.3 is 4.57 Å². The van der Waals surface area contributed by atoms with Gasteiger partial charge in [-0.1, -0.05) is 19.3 Å². The number of hydrogen-bond donors (Lipinski definition) is 0. The number of hydrogen-bond acceptors (Lipinski definition) is 5. The lowest BCUT2D eigenvalue weighted by molar-refractivity contribution is 0.0797. The Morgan fingerprint density at radius 3 is 2.56 bits per heavy atom. The highest BCUT2D eigenvalue weighted by Crippen LogP contribution is 2.30. The van der Waals surface area contributed by atoms with Gasteiger partial charge in [0.2, 0.25) is 5.78 Å². The summed E-state index contributed by atoms with van der Waals surface area (Å²) in [6, 6.07) is 0. The van der Waals surface area contributed by atoms with Crippen molar-refractivity contribution < 1.29 is 4.79 Å².